The van der Waals surface area contributed by atoms with Gasteiger partial charge >= 0.3 is 0 Å². The van der Waals surface area contributed by atoms with Crippen molar-refractivity contribution in [3.05, 3.63) is 93.9 Å². The highest BCUT2D eigenvalue weighted by molar-refractivity contribution is 5.95. The SMILES string of the molecule is Cc1ccn(-c2cc(F)ccc2F)c(=O)c1C(=O)NCc1cn2cccnc2n1. The molecule has 0 aliphatic heterocycles. The number of fused-ring (bicyclic) bond motifs is 1. The van der Waals surface area contributed by atoms with Gasteiger partial charge in [-0.3, -0.25) is 18.6 Å². The predicted octanol–water partition coefficient (Wildman–Crippen LogP) is 2.40. The smallest absolute Gasteiger partial charge is 0.268 e. The fourth-order valence-corrected chi connectivity index (χ4v) is 2.99. The van der Waals surface area contributed by atoms with Crippen molar-refractivity contribution in [1.29, 1.82) is 0 Å². The fraction of sp³-hybridized carbons (Fsp3) is 0.100. The summed E-state index contributed by atoms with van der Waals surface area (Å²) in [6.07, 6.45) is 6.39. The molecule has 7 nitrogen and oxygen atoms in total. The molecule has 0 spiro atoms. The molecule has 0 unspecified atom stereocenters. The first-order valence-electron chi connectivity index (χ1n) is 8.68. The Hall–Kier alpha value is -3.88. The van der Waals surface area contributed by atoms with Crippen LogP contribution in [-0.2, 0) is 6.54 Å². The molecular formula is C20H15F2N5O2. The molecule has 29 heavy (non-hydrogen) atoms. The Labute approximate surface area is 163 Å². The standard InChI is InChI=1S/C20H15F2N5O2/c1-12-5-8-27(16-9-13(21)3-4-15(16)22)19(29)17(12)18(28)24-10-14-11-26-7-2-6-23-20(26)25-14/h2-9,11H,10H2,1H3,(H,24,28). The van der Waals surface area contributed by atoms with Gasteiger partial charge in [0.1, 0.15) is 17.2 Å². The number of hydrogen-bond acceptors (Lipinski definition) is 4. The number of nitrogens with one attached hydrogen (secondary N) is 1. The van der Waals surface area contributed by atoms with Gasteiger partial charge in [0.15, 0.2) is 0 Å². The normalized spacial score (nSPS) is 11.0. The molecule has 0 saturated carbocycles. The summed E-state index contributed by atoms with van der Waals surface area (Å²) in [5.74, 6) is -1.62. The van der Waals surface area contributed by atoms with E-state index in [9.17, 15) is 18.4 Å². The number of imidazole rings is 1. The first-order valence-corrected chi connectivity index (χ1v) is 8.68. The summed E-state index contributed by atoms with van der Waals surface area (Å²) in [7, 11) is 0. The van der Waals surface area contributed by atoms with E-state index in [1.165, 1.54) is 12.3 Å². The number of rotatable bonds is 4. The minimum absolute atomic E-state index is 0.0737. The summed E-state index contributed by atoms with van der Waals surface area (Å²) in [4.78, 5) is 33.9. The lowest BCUT2D eigenvalue weighted by Crippen LogP contribution is -2.33. The van der Waals surface area contributed by atoms with Crippen LogP contribution in [0.1, 0.15) is 21.6 Å². The second-order valence-electron chi connectivity index (χ2n) is 6.39. The molecule has 0 fully saturated rings. The lowest BCUT2D eigenvalue weighted by molar-refractivity contribution is 0.0948. The van der Waals surface area contributed by atoms with Gasteiger partial charge in [-0.05, 0) is 36.8 Å². The van der Waals surface area contributed by atoms with Crippen molar-refractivity contribution >= 4 is 11.7 Å². The maximum Gasteiger partial charge on any atom is 0.268 e. The Balaban J connectivity index is 1.64. The van der Waals surface area contributed by atoms with Crippen LogP contribution < -0.4 is 10.9 Å². The van der Waals surface area contributed by atoms with Crippen molar-refractivity contribution < 1.29 is 13.6 Å². The minimum atomic E-state index is -0.777. The van der Waals surface area contributed by atoms with Crippen LogP contribution in [0.25, 0.3) is 11.5 Å². The van der Waals surface area contributed by atoms with Gasteiger partial charge < -0.3 is 5.32 Å². The number of carbonyl (C=O) groups is 1. The van der Waals surface area contributed by atoms with E-state index in [1.54, 1.807) is 36.0 Å². The Morgan fingerprint density at radius 3 is 2.83 bits per heavy atom. The summed E-state index contributed by atoms with van der Waals surface area (Å²) in [6, 6.07) is 6.02. The van der Waals surface area contributed by atoms with E-state index in [1.807, 2.05) is 0 Å². The van der Waals surface area contributed by atoms with E-state index in [0.717, 1.165) is 22.8 Å². The van der Waals surface area contributed by atoms with Crippen molar-refractivity contribution in [3.63, 3.8) is 0 Å². The van der Waals surface area contributed by atoms with Crippen LogP contribution >= 0.6 is 0 Å². The number of hydrogen-bond donors (Lipinski definition) is 1. The summed E-state index contributed by atoms with van der Waals surface area (Å²) in [6.45, 7) is 1.67. The van der Waals surface area contributed by atoms with Gasteiger partial charge in [0, 0.05) is 30.9 Å². The molecule has 3 aromatic heterocycles. The van der Waals surface area contributed by atoms with Crippen LogP contribution in [0.4, 0.5) is 8.78 Å². The Morgan fingerprint density at radius 2 is 2.03 bits per heavy atom. The van der Waals surface area contributed by atoms with Crippen molar-refractivity contribution in [2.75, 3.05) is 0 Å². The van der Waals surface area contributed by atoms with Gasteiger partial charge in [0.2, 0.25) is 5.78 Å². The molecule has 4 rings (SSSR count). The lowest BCUT2D eigenvalue weighted by atomic mass is 10.1. The number of halogens is 2. The van der Waals surface area contributed by atoms with E-state index >= 15 is 0 Å². The number of carbonyl (C=O) groups excluding carboxylic acids is 1. The van der Waals surface area contributed by atoms with Crippen LogP contribution in [0.15, 0.2) is 59.9 Å². The van der Waals surface area contributed by atoms with Crippen molar-refractivity contribution in [3.8, 4) is 5.69 Å². The van der Waals surface area contributed by atoms with E-state index in [0.29, 0.717) is 17.0 Å². The van der Waals surface area contributed by atoms with Crippen molar-refractivity contribution in [1.82, 2.24) is 24.3 Å². The zero-order valence-corrected chi connectivity index (χ0v) is 15.3. The van der Waals surface area contributed by atoms with Crippen molar-refractivity contribution in [2.45, 2.75) is 13.5 Å². The van der Waals surface area contributed by atoms with Gasteiger partial charge in [-0.1, -0.05) is 0 Å². The minimum Gasteiger partial charge on any atom is -0.346 e. The maximum atomic E-state index is 14.1. The van der Waals surface area contributed by atoms with Gasteiger partial charge in [-0.25, -0.2) is 18.7 Å². The zero-order chi connectivity index (χ0) is 20.5. The van der Waals surface area contributed by atoms with Crippen molar-refractivity contribution in [2.24, 2.45) is 0 Å². The van der Waals surface area contributed by atoms with Crippen LogP contribution in [0.2, 0.25) is 0 Å². The number of aromatic nitrogens is 4. The number of nitrogens with zero attached hydrogens (tertiary/aromatic N) is 4. The molecule has 0 saturated heterocycles. The lowest BCUT2D eigenvalue weighted by Gasteiger charge is -2.11. The number of benzene rings is 1. The van der Waals surface area contributed by atoms with Gasteiger partial charge in [0.05, 0.1) is 17.9 Å². The molecule has 1 aromatic carbocycles. The molecule has 0 bridgehead atoms. The zero-order valence-electron chi connectivity index (χ0n) is 15.3. The molecule has 9 heteroatoms. The molecule has 1 N–H and O–H groups in total. The predicted molar refractivity (Wildman–Crippen MR) is 101 cm³/mol. The summed E-state index contributed by atoms with van der Waals surface area (Å²) < 4.78 is 30.2. The second-order valence-corrected chi connectivity index (χ2v) is 6.39. The second kappa shape index (κ2) is 7.27. The van der Waals surface area contributed by atoms with Gasteiger partial charge in [-0.15, -0.1) is 0 Å². The average molecular weight is 395 g/mol. The summed E-state index contributed by atoms with van der Waals surface area (Å²) in [5.41, 5.74) is -0.198. The van der Waals surface area contributed by atoms with E-state index < -0.39 is 23.1 Å². The molecule has 146 valence electrons. The largest absolute Gasteiger partial charge is 0.346 e. The summed E-state index contributed by atoms with van der Waals surface area (Å²) >= 11 is 0. The number of pyridine rings is 1. The van der Waals surface area contributed by atoms with Crippen LogP contribution in [0.3, 0.4) is 0 Å². The van der Waals surface area contributed by atoms with E-state index in [-0.39, 0.29) is 17.8 Å². The topological polar surface area (TPSA) is 81.3 Å². The van der Waals surface area contributed by atoms with Crippen LogP contribution in [0, 0.1) is 18.6 Å². The highest BCUT2D eigenvalue weighted by Crippen LogP contribution is 2.14. The number of amides is 1. The van der Waals surface area contributed by atoms with E-state index in [4.69, 9.17) is 0 Å². The summed E-state index contributed by atoms with van der Waals surface area (Å²) in [5, 5.41) is 2.64. The van der Waals surface area contributed by atoms with Gasteiger partial charge in [0.25, 0.3) is 11.5 Å². The first kappa shape index (κ1) is 18.5. The van der Waals surface area contributed by atoms with Gasteiger partial charge in [-0.2, -0.15) is 0 Å². The molecule has 0 radical (unpaired) electrons. The third-order valence-electron chi connectivity index (χ3n) is 4.41. The Kier molecular flexibility index (Phi) is 4.63. The third kappa shape index (κ3) is 3.49. The van der Waals surface area contributed by atoms with Crippen LogP contribution in [0.5, 0.6) is 0 Å². The highest BCUT2D eigenvalue weighted by Gasteiger charge is 2.18. The molecular weight excluding hydrogens is 380 g/mol. The molecule has 4 aromatic rings. The van der Waals surface area contributed by atoms with E-state index in [2.05, 4.69) is 15.3 Å². The maximum absolute atomic E-state index is 14.1. The third-order valence-corrected chi connectivity index (χ3v) is 4.41. The Morgan fingerprint density at radius 1 is 1.21 bits per heavy atom. The monoisotopic (exact) mass is 395 g/mol. The fourth-order valence-electron chi connectivity index (χ4n) is 2.99. The first-order chi connectivity index (χ1) is 13.9. The molecule has 0 atom stereocenters. The average Bonchev–Trinajstić information content (AvgIpc) is 3.12. The molecule has 3 heterocycles. The quantitative estimate of drug-likeness (QED) is 0.575. The molecule has 1 amide bonds. The highest BCUT2D eigenvalue weighted by atomic mass is 19.1. The van der Waals surface area contributed by atoms with Crippen LogP contribution in [-0.4, -0.2) is 24.8 Å². The number of aryl methyl sites for hydroxylation is 1. The molecule has 0 aliphatic rings. The Bertz CT molecular complexity index is 1260. The molecule has 0 aliphatic carbocycles.